The van der Waals surface area contributed by atoms with Crippen molar-refractivity contribution in [1.29, 1.82) is 0 Å². The van der Waals surface area contributed by atoms with Crippen molar-refractivity contribution in [2.45, 2.75) is 75.4 Å². The summed E-state index contributed by atoms with van der Waals surface area (Å²) in [5.41, 5.74) is 4.89. The highest BCUT2D eigenvalue weighted by atomic mass is 16.5. The Balaban J connectivity index is 1.11. The zero-order valence-electron chi connectivity index (χ0n) is 19.2. The van der Waals surface area contributed by atoms with Crippen LogP contribution in [0, 0.1) is 5.92 Å². The van der Waals surface area contributed by atoms with Crippen LogP contribution in [0.1, 0.15) is 86.1 Å². The largest absolute Gasteiger partial charge is 0.490 e. The van der Waals surface area contributed by atoms with E-state index in [0.29, 0.717) is 17.8 Å². The molecular weight excluding hydrogens is 412 g/mol. The first-order chi connectivity index (χ1) is 16.3. The van der Waals surface area contributed by atoms with Gasteiger partial charge in [0.05, 0.1) is 43.1 Å². The predicted molar refractivity (Wildman–Crippen MR) is 128 cm³/mol. The van der Waals surface area contributed by atoms with Gasteiger partial charge >= 0.3 is 0 Å². The van der Waals surface area contributed by atoms with Crippen molar-refractivity contribution in [1.82, 2.24) is 9.38 Å². The summed E-state index contributed by atoms with van der Waals surface area (Å²) < 4.78 is 13.7. The summed E-state index contributed by atoms with van der Waals surface area (Å²) in [4.78, 5) is 4.34. The van der Waals surface area contributed by atoms with Crippen molar-refractivity contribution < 1.29 is 14.6 Å². The molecule has 2 saturated carbocycles. The van der Waals surface area contributed by atoms with E-state index in [1.807, 2.05) is 12.5 Å². The smallest absolute Gasteiger partial charge is 0.119 e. The topological polar surface area (TPSA) is 56.0 Å². The van der Waals surface area contributed by atoms with Gasteiger partial charge in [-0.3, -0.25) is 0 Å². The van der Waals surface area contributed by atoms with Crippen molar-refractivity contribution in [3.63, 3.8) is 0 Å². The van der Waals surface area contributed by atoms with Crippen LogP contribution in [-0.2, 0) is 4.74 Å². The van der Waals surface area contributed by atoms with Crippen molar-refractivity contribution in [2.75, 3.05) is 13.2 Å². The second-order valence-corrected chi connectivity index (χ2v) is 10.2. The zero-order chi connectivity index (χ0) is 22.2. The van der Waals surface area contributed by atoms with Crippen LogP contribution in [0.4, 0.5) is 0 Å². The van der Waals surface area contributed by atoms with E-state index >= 15 is 0 Å². The van der Waals surface area contributed by atoms with Gasteiger partial charge in [0.2, 0.25) is 0 Å². The fraction of sp³-hybridized carbons (Fsp3) is 0.536. The molecule has 3 aliphatic rings. The van der Waals surface area contributed by atoms with Gasteiger partial charge in [-0.2, -0.15) is 0 Å². The lowest BCUT2D eigenvalue weighted by atomic mass is 9.75. The van der Waals surface area contributed by atoms with Crippen LogP contribution in [-0.4, -0.2) is 33.8 Å². The summed E-state index contributed by atoms with van der Waals surface area (Å²) in [6, 6.07) is 13.1. The Labute approximate surface area is 195 Å². The average Bonchev–Trinajstić information content (AvgIpc) is 3.60. The molecule has 33 heavy (non-hydrogen) atoms. The molecule has 6 rings (SSSR count). The molecule has 5 nitrogen and oxygen atoms in total. The maximum Gasteiger partial charge on any atom is 0.119 e. The molecule has 0 amide bonds. The lowest BCUT2D eigenvalue weighted by Crippen LogP contribution is -2.25. The van der Waals surface area contributed by atoms with E-state index in [1.165, 1.54) is 24.0 Å². The van der Waals surface area contributed by atoms with Gasteiger partial charge in [-0.15, -0.1) is 0 Å². The summed E-state index contributed by atoms with van der Waals surface area (Å²) in [5, 5.41) is 11.5. The Kier molecular flexibility index (Phi) is 5.85. The third kappa shape index (κ3) is 4.41. The molecule has 1 aromatic carbocycles. The Bertz CT molecular complexity index is 1070. The first-order valence-corrected chi connectivity index (χ1v) is 12.7. The minimum absolute atomic E-state index is 0.280. The fourth-order valence-electron chi connectivity index (χ4n) is 5.88. The molecule has 1 atom stereocenters. The van der Waals surface area contributed by atoms with Crippen LogP contribution in [0.25, 0.3) is 5.52 Å². The molecule has 3 aromatic rings. The molecular formula is C28H34N2O3. The molecule has 5 heteroatoms. The van der Waals surface area contributed by atoms with Gasteiger partial charge in [0.25, 0.3) is 0 Å². The number of hydrogen-bond acceptors (Lipinski definition) is 4. The van der Waals surface area contributed by atoms with Crippen LogP contribution < -0.4 is 4.74 Å². The number of imidazole rings is 1. The summed E-state index contributed by atoms with van der Waals surface area (Å²) in [6.45, 7) is 1.60. The highest BCUT2D eigenvalue weighted by Crippen LogP contribution is 2.47. The molecule has 1 saturated heterocycles. The van der Waals surface area contributed by atoms with Crippen molar-refractivity contribution in [2.24, 2.45) is 5.92 Å². The summed E-state index contributed by atoms with van der Waals surface area (Å²) >= 11 is 0. The van der Waals surface area contributed by atoms with Gasteiger partial charge in [0.1, 0.15) is 11.9 Å². The van der Waals surface area contributed by atoms with Crippen molar-refractivity contribution in [3.05, 3.63) is 65.7 Å². The number of rotatable bonds is 6. The second kappa shape index (κ2) is 9.11. The molecule has 3 fully saturated rings. The lowest BCUT2D eigenvalue weighted by molar-refractivity contribution is 0.0255. The van der Waals surface area contributed by atoms with E-state index in [0.717, 1.165) is 68.7 Å². The van der Waals surface area contributed by atoms with E-state index < -0.39 is 6.10 Å². The number of aromatic nitrogens is 2. The summed E-state index contributed by atoms with van der Waals surface area (Å²) in [6.07, 6.45) is 12.4. The molecule has 0 unspecified atom stereocenters. The first-order valence-electron chi connectivity index (χ1n) is 12.7. The fourth-order valence-corrected chi connectivity index (χ4v) is 5.88. The lowest BCUT2D eigenvalue weighted by Gasteiger charge is -2.33. The number of nitrogens with zero attached hydrogens (tertiary/aromatic N) is 2. The molecule has 1 N–H and O–H groups in total. The molecule has 3 heterocycles. The van der Waals surface area contributed by atoms with Gasteiger partial charge in [-0.1, -0.05) is 18.2 Å². The Morgan fingerprint density at radius 1 is 0.879 bits per heavy atom. The van der Waals surface area contributed by atoms with Gasteiger partial charge in [-0.05, 0) is 85.6 Å². The molecule has 2 aliphatic carbocycles. The minimum Gasteiger partial charge on any atom is -0.490 e. The summed E-state index contributed by atoms with van der Waals surface area (Å²) in [7, 11) is 0. The van der Waals surface area contributed by atoms with Crippen LogP contribution in [0.15, 0.2) is 48.9 Å². The zero-order valence-corrected chi connectivity index (χ0v) is 19.2. The molecule has 174 valence electrons. The van der Waals surface area contributed by atoms with E-state index in [4.69, 9.17) is 9.47 Å². The molecule has 0 radical (unpaired) electrons. The van der Waals surface area contributed by atoms with Crippen LogP contribution in [0.2, 0.25) is 0 Å². The monoisotopic (exact) mass is 446 g/mol. The minimum atomic E-state index is -0.422. The van der Waals surface area contributed by atoms with E-state index in [2.05, 4.69) is 45.8 Å². The van der Waals surface area contributed by atoms with E-state index in [1.54, 1.807) is 0 Å². The van der Waals surface area contributed by atoms with Gasteiger partial charge < -0.3 is 19.0 Å². The Morgan fingerprint density at radius 3 is 2.33 bits per heavy atom. The quantitative estimate of drug-likeness (QED) is 0.522. The number of pyridine rings is 1. The highest BCUT2D eigenvalue weighted by molar-refractivity contribution is 5.50. The SMILES string of the molecule is O[C@H](c1c(C2CC2)ccc2cncn12)C1CCC(c2ccc(OC3CCOCC3)cc2)CC1. The number of aliphatic hydroxyl groups excluding tert-OH is 1. The third-order valence-corrected chi connectivity index (χ3v) is 7.99. The maximum absolute atomic E-state index is 11.5. The number of hydrogen-bond donors (Lipinski definition) is 1. The molecule has 0 bridgehead atoms. The van der Waals surface area contributed by atoms with Crippen LogP contribution >= 0.6 is 0 Å². The van der Waals surface area contributed by atoms with Crippen molar-refractivity contribution >= 4 is 5.52 Å². The van der Waals surface area contributed by atoms with Crippen LogP contribution in [0.5, 0.6) is 5.75 Å². The number of fused-ring (bicyclic) bond motifs is 1. The Morgan fingerprint density at radius 2 is 1.61 bits per heavy atom. The molecule has 2 aromatic heterocycles. The van der Waals surface area contributed by atoms with Gasteiger partial charge in [-0.25, -0.2) is 4.98 Å². The second-order valence-electron chi connectivity index (χ2n) is 10.2. The number of aliphatic hydroxyl groups is 1. The number of benzene rings is 1. The maximum atomic E-state index is 11.5. The predicted octanol–water partition coefficient (Wildman–Crippen LogP) is 5.78. The van der Waals surface area contributed by atoms with Gasteiger partial charge in [0, 0.05) is 12.8 Å². The third-order valence-electron chi connectivity index (χ3n) is 7.99. The first kappa shape index (κ1) is 21.2. The summed E-state index contributed by atoms with van der Waals surface area (Å²) in [5.74, 6) is 2.45. The molecule has 1 aliphatic heterocycles. The molecule has 0 spiro atoms. The van der Waals surface area contributed by atoms with Gasteiger partial charge in [0.15, 0.2) is 0 Å². The standard InChI is InChI=1S/C28H34N2O3/c31-28(27-26(21-3-4-21)12-9-23-17-29-18-30(23)27)22-5-1-19(2-6-22)20-7-10-24(11-8-20)33-25-13-15-32-16-14-25/h7-12,17-19,21-22,25,28,31H,1-6,13-16H2/t19?,22?,28-/m0/s1. The van der Waals surface area contributed by atoms with Crippen molar-refractivity contribution in [3.8, 4) is 5.75 Å². The highest BCUT2D eigenvalue weighted by Gasteiger charge is 2.34. The van der Waals surface area contributed by atoms with E-state index in [-0.39, 0.29) is 6.10 Å². The van der Waals surface area contributed by atoms with E-state index in [9.17, 15) is 5.11 Å². The van der Waals surface area contributed by atoms with Crippen LogP contribution in [0.3, 0.4) is 0 Å². The number of ether oxygens (including phenoxy) is 2. The normalized spacial score (nSPS) is 25.2. The Hall–Kier alpha value is -2.37. The average molecular weight is 447 g/mol.